The average molecular weight is 341 g/mol. The number of carbonyl (C=O) groups excluding carboxylic acids is 1. The first-order chi connectivity index (χ1) is 11.3. The molecule has 2 aromatic rings. The van der Waals surface area contributed by atoms with E-state index in [4.69, 9.17) is 12.2 Å². The average Bonchev–Trinajstić information content (AvgIpc) is 2.49. The predicted octanol–water partition coefficient (Wildman–Crippen LogP) is 3.85. The van der Waals surface area contributed by atoms with Gasteiger partial charge in [-0.25, -0.2) is 0 Å². The van der Waals surface area contributed by atoms with Crippen molar-refractivity contribution in [3.8, 4) is 0 Å². The summed E-state index contributed by atoms with van der Waals surface area (Å²) in [7, 11) is 0. The summed E-state index contributed by atoms with van der Waals surface area (Å²) in [6.07, 6.45) is 0. The number of carbonyl (C=O) groups is 1. The van der Waals surface area contributed by atoms with Gasteiger partial charge < -0.3 is 16.0 Å². The molecule has 0 unspecified atom stereocenters. The Morgan fingerprint density at radius 3 is 2.25 bits per heavy atom. The van der Waals surface area contributed by atoms with Gasteiger partial charge in [-0.05, 0) is 68.7 Å². The summed E-state index contributed by atoms with van der Waals surface area (Å²) < 4.78 is 0. The van der Waals surface area contributed by atoms with Crippen LogP contribution in [0.3, 0.4) is 0 Å². The molecule has 0 spiro atoms. The highest BCUT2D eigenvalue weighted by Gasteiger charge is 2.09. The summed E-state index contributed by atoms with van der Waals surface area (Å²) in [5, 5.41) is 9.37. The van der Waals surface area contributed by atoms with Crippen molar-refractivity contribution in [1.29, 1.82) is 0 Å². The van der Waals surface area contributed by atoms with Gasteiger partial charge in [0.25, 0.3) is 0 Å². The van der Waals surface area contributed by atoms with Crippen LogP contribution < -0.4 is 16.0 Å². The standard InChI is InChI=1S/C19H23N3OS/c1-12-6-5-7-16(10-12)21-19(24)20-11-17(23)22-18-14(3)8-13(2)9-15(18)4/h5-10H,11H2,1-4H3,(H,22,23)(H2,20,21,24). The van der Waals surface area contributed by atoms with Crippen LogP contribution in [-0.2, 0) is 4.79 Å². The first-order valence-corrected chi connectivity index (χ1v) is 8.25. The lowest BCUT2D eigenvalue weighted by molar-refractivity contribution is -0.115. The smallest absolute Gasteiger partial charge is 0.243 e. The van der Waals surface area contributed by atoms with Crippen LogP contribution in [0, 0.1) is 27.7 Å². The number of aryl methyl sites for hydroxylation is 4. The second-order valence-corrected chi connectivity index (χ2v) is 6.41. The number of anilines is 2. The van der Waals surface area contributed by atoms with Crippen LogP contribution in [0.2, 0.25) is 0 Å². The Balaban J connectivity index is 1.88. The molecule has 0 aliphatic rings. The second-order valence-electron chi connectivity index (χ2n) is 6.00. The fraction of sp³-hybridized carbons (Fsp3) is 0.263. The van der Waals surface area contributed by atoms with Gasteiger partial charge in [0.15, 0.2) is 5.11 Å². The molecule has 2 aromatic carbocycles. The summed E-state index contributed by atoms with van der Waals surface area (Å²) in [4.78, 5) is 12.2. The van der Waals surface area contributed by atoms with Crippen molar-refractivity contribution in [1.82, 2.24) is 5.32 Å². The number of rotatable bonds is 4. The molecule has 0 bridgehead atoms. The summed E-state index contributed by atoms with van der Waals surface area (Å²) in [5.41, 5.74) is 6.21. The van der Waals surface area contributed by atoms with Crippen molar-refractivity contribution in [2.45, 2.75) is 27.7 Å². The van der Waals surface area contributed by atoms with Gasteiger partial charge in [0.2, 0.25) is 5.91 Å². The highest BCUT2D eigenvalue weighted by molar-refractivity contribution is 7.80. The van der Waals surface area contributed by atoms with Crippen molar-refractivity contribution in [3.63, 3.8) is 0 Å². The van der Waals surface area contributed by atoms with Crippen LogP contribution in [-0.4, -0.2) is 17.6 Å². The van der Waals surface area contributed by atoms with Crippen molar-refractivity contribution in [3.05, 3.63) is 58.7 Å². The number of hydrogen-bond donors (Lipinski definition) is 3. The molecule has 0 aliphatic carbocycles. The molecule has 0 saturated heterocycles. The van der Waals surface area contributed by atoms with Crippen LogP contribution in [0.5, 0.6) is 0 Å². The summed E-state index contributed by atoms with van der Waals surface area (Å²) in [5.74, 6) is -0.126. The molecule has 3 N–H and O–H groups in total. The van der Waals surface area contributed by atoms with Crippen LogP contribution in [0.15, 0.2) is 36.4 Å². The molecule has 1 amide bonds. The maximum absolute atomic E-state index is 12.2. The fourth-order valence-corrected chi connectivity index (χ4v) is 2.81. The van der Waals surface area contributed by atoms with Crippen LogP contribution >= 0.6 is 12.2 Å². The molecule has 0 radical (unpaired) electrons. The van der Waals surface area contributed by atoms with E-state index in [1.165, 1.54) is 5.56 Å². The van der Waals surface area contributed by atoms with E-state index in [1.54, 1.807) is 0 Å². The van der Waals surface area contributed by atoms with E-state index in [0.717, 1.165) is 28.1 Å². The highest BCUT2D eigenvalue weighted by atomic mass is 32.1. The number of benzene rings is 2. The van der Waals surface area contributed by atoms with Crippen LogP contribution in [0.1, 0.15) is 22.3 Å². The van der Waals surface area contributed by atoms with Gasteiger partial charge in [0.1, 0.15) is 0 Å². The highest BCUT2D eigenvalue weighted by Crippen LogP contribution is 2.21. The van der Waals surface area contributed by atoms with Crippen LogP contribution in [0.25, 0.3) is 0 Å². The Morgan fingerprint density at radius 1 is 0.958 bits per heavy atom. The van der Waals surface area contributed by atoms with Gasteiger partial charge in [0.05, 0.1) is 6.54 Å². The minimum Gasteiger partial charge on any atom is -0.353 e. The molecule has 0 aliphatic heterocycles. The fourth-order valence-electron chi connectivity index (χ4n) is 2.62. The molecular weight excluding hydrogens is 318 g/mol. The monoisotopic (exact) mass is 341 g/mol. The van der Waals surface area contributed by atoms with Gasteiger partial charge in [0, 0.05) is 11.4 Å². The molecule has 4 nitrogen and oxygen atoms in total. The van der Waals surface area contributed by atoms with E-state index < -0.39 is 0 Å². The molecule has 2 rings (SSSR count). The first kappa shape index (κ1) is 17.9. The van der Waals surface area contributed by atoms with Gasteiger partial charge in [-0.1, -0.05) is 29.8 Å². The minimum atomic E-state index is -0.126. The zero-order chi connectivity index (χ0) is 17.7. The molecule has 126 valence electrons. The molecule has 0 atom stereocenters. The lowest BCUT2D eigenvalue weighted by atomic mass is 10.1. The third kappa shape index (κ3) is 5.06. The van der Waals surface area contributed by atoms with E-state index in [-0.39, 0.29) is 12.5 Å². The Hall–Kier alpha value is -2.40. The number of thiocarbonyl (C=S) groups is 1. The third-order valence-electron chi connectivity index (χ3n) is 3.63. The molecular formula is C19H23N3OS. The van der Waals surface area contributed by atoms with E-state index in [9.17, 15) is 4.79 Å². The van der Waals surface area contributed by atoms with Gasteiger partial charge >= 0.3 is 0 Å². The largest absolute Gasteiger partial charge is 0.353 e. The predicted molar refractivity (Wildman–Crippen MR) is 105 cm³/mol. The third-order valence-corrected chi connectivity index (χ3v) is 3.87. The topological polar surface area (TPSA) is 53.2 Å². The van der Waals surface area contributed by atoms with E-state index in [0.29, 0.717) is 5.11 Å². The first-order valence-electron chi connectivity index (χ1n) is 7.84. The lowest BCUT2D eigenvalue weighted by Gasteiger charge is -2.14. The molecule has 0 saturated carbocycles. The van der Waals surface area contributed by atoms with Crippen molar-refractivity contribution >= 4 is 34.6 Å². The lowest BCUT2D eigenvalue weighted by Crippen LogP contribution is -2.35. The van der Waals surface area contributed by atoms with Gasteiger partial charge in [-0.15, -0.1) is 0 Å². The van der Waals surface area contributed by atoms with Crippen molar-refractivity contribution < 1.29 is 4.79 Å². The minimum absolute atomic E-state index is 0.115. The Kier molecular flexibility index (Phi) is 5.93. The van der Waals surface area contributed by atoms with E-state index >= 15 is 0 Å². The maximum atomic E-state index is 12.2. The Labute approximate surface area is 148 Å². The van der Waals surface area contributed by atoms with E-state index in [1.807, 2.05) is 52.0 Å². The molecule has 0 heterocycles. The Bertz CT molecular complexity index is 748. The summed E-state index contributed by atoms with van der Waals surface area (Å²) in [6.45, 7) is 8.16. The summed E-state index contributed by atoms with van der Waals surface area (Å²) in [6, 6.07) is 12.0. The zero-order valence-corrected chi connectivity index (χ0v) is 15.3. The normalized spacial score (nSPS) is 10.2. The maximum Gasteiger partial charge on any atom is 0.243 e. The van der Waals surface area contributed by atoms with Crippen molar-refractivity contribution in [2.75, 3.05) is 17.2 Å². The second kappa shape index (κ2) is 7.93. The zero-order valence-electron chi connectivity index (χ0n) is 14.5. The van der Waals surface area contributed by atoms with Gasteiger partial charge in [-0.2, -0.15) is 0 Å². The quantitative estimate of drug-likeness (QED) is 0.740. The molecule has 0 aromatic heterocycles. The summed E-state index contributed by atoms with van der Waals surface area (Å²) >= 11 is 5.23. The van der Waals surface area contributed by atoms with Crippen LogP contribution in [0.4, 0.5) is 11.4 Å². The molecule has 24 heavy (non-hydrogen) atoms. The number of hydrogen-bond acceptors (Lipinski definition) is 2. The number of amides is 1. The molecule has 5 heteroatoms. The van der Waals surface area contributed by atoms with Gasteiger partial charge in [-0.3, -0.25) is 4.79 Å². The molecule has 0 fully saturated rings. The number of nitrogens with one attached hydrogen (secondary N) is 3. The van der Waals surface area contributed by atoms with Crippen molar-refractivity contribution in [2.24, 2.45) is 0 Å². The van der Waals surface area contributed by atoms with E-state index in [2.05, 4.69) is 28.1 Å². The Morgan fingerprint density at radius 2 is 1.62 bits per heavy atom. The SMILES string of the molecule is Cc1cccc(NC(=S)NCC(=O)Nc2c(C)cc(C)cc2C)c1.